The van der Waals surface area contributed by atoms with Crippen molar-refractivity contribution in [1.82, 2.24) is 9.80 Å². The number of anilines is 1. The molecule has 0 spiro atoms. The molecule has 0 radical (unpaired) electrons. The van der Waals surface area contributed by atoms with E-state index >= 15 is 0 Å². The van der Waals surface area contributed by atoms with Crippen molar-refractivity contribution in [3.63, 3.8) is 0 Å². The Kier molecular flexibility index (Phi) is 8.49. The predicted molar refractivity (Wildman–Crippen MR) is 133 cm³/mol. The molecule has 2 heterocycles. The second kappa shape index (κ2) is 12.0. The van der Waals surface area contributed by atoms with E-state index in [-0.39, 0.29) is 5.91 Å². The second-order valence-corrected chi connectivity index (χ2v) is 9.20. The first-order valence-corrected chi connectivity index (χ1v) is 12.1. The molecule has 0 bridgehead atoms. The van der Waals surface area contributed by atoms with Crippen LogP contribution in [0.15, 0.2) is 66.0 Å². The Morgan fingerprint density at radius 3 is 2.58 bits per heavy atom. The molecule has 0 aliphatic carbocycles. The summed E-state index contributed by atoms with van der Waals surface area (Å²) in [4.78, 5) is 18.7. The van der Waals surface area contributed by atoms with E-state index in [4.69, 9.17) is 9.47 Å². The van der Waals surface area contributed by atoms with E-state index in [0.29, 0.717) is 19.6 Å². The van der Waals surface area contributed by atoms with Crippen molar-refractivity contribution >= 4 is 22.9 Å². The molecule has 0 atom stereocenters. The number of benzene rings is 2. The monoisotopic (exact) mass is 465 g/mol. The molecule has 0 unspecified atom stereocenters. The van der Waals surface area contributed by atoms with E-state index in [1.165, 1.54) is 10.4 Å². The Bertz CT molecular complexity index is 1000. The molecule has 1 aliphatic heterocycles. The summed E-state index contributed by atoms with van der Waals surface area (Å²) in [5, 5.41) is 5.12. The number of nitrogens with one attached hydrogen (secondary N) is 1. The van der Waals surface area contributed by atoms with Crippen LogP contribution in [0.3, 0.4) is 0 Å². The molecule has 0 saturated carbocycles. The van der Waals surface area contributed by atoms with Crippen LogP contribution in [0.2, 0.25) is 0 Å². The van der Waals surface area contributed by atoms with Crippen LogP contribution in [-0.4, -0.2) is 55.7 Å². The number of thiophene rings is 1. The molecule has 1 saturated heterocycles. The molecule has 1 aromatic heterocycles. The minimum Gasteiger partial charge on any atom is -0.496 e. The molecule has 2 aromatic carbocycles. The summed E-state index contributed by atoms with van der Waals surface area (Å²) in [5.74, 6) is 0.812. The van der Waals surface area contributed by atoms with E-state index in [2.05, 4.69) is 38.7 Å². The molecule has 1 aliphatic rings. The number of methoxy groups -OCH3 is 1. The highest BCUT2D eigenvalue weighted by Crippen LogP contribution is 2.21. The average Bonchev–Trinajstić information content (AvgIpc) is 3.34. The number of carbonyl (C=O) groups is 1. The molecular formula is C26H31N3O3S. The van der Waals surface area contributed by atoms with Crippen LogP contribution in [0.1, 0.15) is 16.0 Å². The van der Waals surface area contributed by atoms with E-state index in [1.807, 2.05) is 42.5 Å². The summed E-state index contributed by atoms with van der Waals surface area (Å²) in [6.07, 6.45) is 0. The lowest BCUT2D eigenvalue weighted by atomic mass is 10.1. The normalized spacial score (nSPS) is 14.4. The number of hydrogen-bond donors (Lipinski definition) is 1. The van der Waals surface area contributed by atoms with Gasteiger partial charge in [-0.1, -0.05) is 36.4 Å². The topological polar surface area (TPSA) is 54.0 Å². The number of hydrogen-bond acceptors (Lipinski definition) is 6. The maximum absolute atomic E-state index is 12.9. The Morgan fingerprint density at radius 2 is 1.85 bits per heavy atom. The SMILES string of the molecule is COc1ccccc1CN(CC(=O)Nc1ccc(CN2CCOCC2)cc1)Cc1cccs1. The first kappa shape index (κ1) is 23.4. The van der Waals surface area contributed by atoms with Crippen molar-refractivity contribution in [3.05, 3.63) is 82.0 Å². The third-order valence-corrected chi connectivity index (χ3v) is 6.52. The highest BCUT2D eigenvalue weighted by molar-refractivity contribution is 7.09. The highest BCUT2D eigenvalue weighted by Gasteiger charge is 2.16. The van der Waals surface area contributed by atoms with Crippen molar-refractivity contribution in [2.45, 2.75) is 19.6 Å². The first-order valence-electron chi connectivity index (χ1n) is 11.2. The molecule has 174 valence electrons. The van der Waals surface area contributed by atoms with Gasteiger partial charge in [-0.2, -0.15) is 0 Å². The van der Waals surface area contributed by atoms with Gasteiger partial charge in [0.2, 0.25) is 5.91 Å². The lowest BCUT2D eigenvalue weighted by Crippen LogP contribution is -2.35. The van der Waals surface area contributed by atoms with Crippen molar-refractivity contribution in [1.29, 1.82) is 0 Å². The smallest absolute Gasteiger partial charge is 0.238 e. The second-order valence-electron chi connectivity index (χ2n) is 8.17. The largest absolute Gasteiger partial charge is 0.496 e. The van der Waals surface area contributed by atoms with Crippen molar-refractivity contribution in [3.8, 4) is 5.75 Å². The molecule has 1 amide bonds. The van der Waals surface area contributed by atoms with Crippen LogP contribution in [0.25, 0.3) is 0 Å². The Balaban J connectivity index is 1.36. The lowest BCUT2D eigenvalue weighted by molar-refractivity contribution is -0.117. The van der Waals surface area contributed by atoms with Crippen LogP contribution in [0.5, 0.6) is 5.75 Å². The number of para-hydroxylation sites is 1. The fourth-order valence-corrected chi connectivity index (χ4v) is 4.73. The van der Waals surface area contributed by atoms with Crippen LogP contribution < -0.4 is 10.1 Å². The van der Waals surface area contributed by atoms with Gasteiger partial charge in [-0.05, 0) is 35.2 Å². The minimum atomic E-state index is -0.0256. The molecule has 6 nitrogen and oxygen atoms in total. The predicted octanol–water partition coefficient (Wildman–Crippen LogP) is 4.23. The zero-order valence-corrected chi connectivity index (χ0v) is 19.9. The summed E-state index contributed by atoms with van der Waals surface area (Å²) in [5.41, 5.74) is 3.13. The lowest BCUT2D eigenvalue weighted by Gasteiger charge is -2.26. The zero-order valence-electron chi connectivity index (χ0n) is 19.0. The van der Waals surface area contributed by atoms with E-state index in [0.717, 1.165) is 49.8 Å². The van der Waals surface area contributed by atoms with Gasteiger partial charge in [-0.15, -0.1) is 11.3 Å². The number of nitrogens with zero attached hydrogens (tertiary/aromatic N) is 2. The van der Waals surface area contributed by atoms with Gasteiger partial charge < -0.3 is 14.8 Å². The molecule has 33 heavy (non-hydrogen) atoms. The van der Waals surface area contributed by atoms with Crippen molar-refractivity contribution < 1.29 is 14.3 Å². The van der Waals surface area contributed by atoms with E-state index in [1.54, 1.807) is 18.4 Å². The average molecular weight is 466 g/mol. The molecule has 7 heteroatoms. The van der Waals surface area contributed by atoms with Gasteiger partial charge in [0.25, 0.3) is 0 Å². The van der Waals surface area contributed by atoms with Gasteiger partial charge in [0.05, 0.1) is 26.9 Å². The summed E-state index contributed by atoms with van der Waals surface area (Å²) in [6.45, 7) is 6.07. The zero-order chi connectivity index (χ0) is 22.9. The maximum atomic E-state index is 12.9. The summed E-state index contributed by atoms with van der Waals surface area (Å²) in [7, 11) is 1.68. The first-order chi connectivity index (χ1) is 16.2. The molecule has 1 fully saturated rings. The number of ether oxygens (including phenoxy) is 2. The van der Waals surface area contributed by atoms with Crippen LogP contribution in [0, 0.1) is 0 Å². The van der Waals surface area contributed by atoms with Gasteiger partial charge in [0.15, 0.2) is 0 Å². The summed E-state index contributed by atoms with van der Waals surface area (Å²) < 4.78 is 10.9. The summed E-state index contributed by atoms with van der Waals surface area (Å²) >= 11 is 1.70. The molecule has 1 N–H and O–H groups in total. The molecular weight excluding hydrogens is 434 g/mol. The standard InChI is InChI=1S/C26H31N3O3S/c1-31-25-7-3-2-5-22(25)18-29(19-24-6-4-16-33-24)20-26(30)27-23-10-8-21(9-11-23)17-28-12-14-32-15-13-28/h2-11,16H,12-15,17-20H2,1H3,(H,27,30). The third-order valence-electron chi connectivity index (χ3n) is 5.66. The maximum Gasteiger partial charge on any atom is 0.238 e. The number of carbonyl (C=O) groups excluding carboxylic acids is 1. The van der Waals surface area contributed by atoms with E-state index in [9.17, 15) is 4.79 Å². The minimum absolute atomic E-state index is 0.0256. The quantitative estimate of drug-likeness (QED) is 0.486. The fourth-order valence-electron chi connectivity index (χ4n) is 3.98. The van der Waals surface area contributed by atoms with Crippen LogP contribution >= 0.6 is 11.3 Å². The van der Waals surface area contributed by atoms with Crippen molar-refractivity contribution in [2.75, 3.05) is 45.3 Å². The van der Waals surface area contributed by atoms with Crippen LogP contribution in [-0.2, 0) is 29.2 Å². The Morgan fingerprint density at radius 1 is 1.06 bits per heavy atom. The number of rotatable bonds is 10. The van der Waals surface area contributed by atoms with Gasteiger partial charge in [-0.3, -0.25) is 14.6 Å². The number of morpholine rings is 1. The van der Waals surface area contributed by atoms with Gasteiger partial charge in [-0.25, -0.2) is 0 Å². The number of amides is 1. The Labute approximate surface area is 199 Å². The molecule has 4 rings (SSSR count). The van der Waals surface area contributed by atoms with Crippen molar-refractivity contribution in [2.24, 2.45) is 0 Å². The van der Waals surface area contributed by atoms with Gasteiger partial charge >= 0.3 is 0 Å². The fraction of sp³-hybridized carbons (Fsp3) is 0.346. The highest BCUT2D eigenvalue weighted by atomic mass is 32.1. The third kappa shape index (κ3) is 7.14. The van der Waals surface area contributed by atoms with Gasteiger partial charge in [0.1, 0.15) is 5.75 Å². The molecule has 3 aromatic rings. The van der Waals surface area contributed by atoms with Crippen LogP contribution in [0.4, 0.5) is 5.69 Å². The van der Waals surface area contributed by atoms with Gasteiger partial charge in [0, 0.05) is 48.9 Å². The van der Waals surface area contributed by atoms with E-state index < -0.39 is 0 Å². The summed E-state index contributed by atoms with van der Waals surface area (Å²) in [6, 6.07) is 20.2. The Hall–Kier alpha value is -2.71.